The number of nitro groups is 1. The summed E-state index contributed by atoms with van der Waals surface area (Å²) >= 11 is 3.39. The Kier molecular flexibility index (Phi) is 6.31. The molecule has 0 fully saturated rings. The molecule has 0 spiro atoms. The SMILES string of the molecule is Cc1c(C(=O)NCCn2ncc3c(=O)n(Cc4ccc(Br)cc4)cnc32)cccc1[N+](=O)[O-]. The Balaban J connectivity index is 1.46. The van der Waals surface area contributed by atoms with E-state index >= 15 is 0 Å². The number of hydrogen-bond donors (Lipinski definition) is 1. The van der Waals surface area contributed by atoms with Crippen molar-refractivity contribution in [2.24, 2.45) is 0 Å². The monoisotopic (exact) mass is 510 g/mol. The van der Waals surface area contributed by atoms with Gasteiger partial charge in [0.05, 0.1) is 24.2 Å². The maximum atomic E-state index is 12.8. The normalized spacial score (nSPS) is 11.0. The van der Waals surface area contributed by atoms with Crippen LogP contribution in [0.15, 0.2) is 64.3 Å². The van der Waals surface area contributed by atoms with Crippen molar-refractivity contribution in [3.63, 3.8) is 0 Å². The van der Waals surface area contributed by atoms with Crippen molar-refractivity contribution in [2.45, 2.75) is 20.0 Å². The van der Waals surface area contributed by atoms with E-state index in [1.807, 2.05) is 24.3 Å². The van der Waals surface area contributed by atoms with Crippen LogP contribution in [0, 0.1) is 17.0 Å². The van der Waals surface area contributed by atoms with Gasteiger partial charge in [-0.2, -0.15) is 5.10 Å². The zero-order valence-electron chi connectivity index (χ0n) is 17.6. The molecule has 0 unspecified atom stereocenters. The van der Waals surface area contributed by atoms with Gasteiger partial charge >= 0.3 is 0 Å². The first-order valence-electron chi connectivity index (χ1n) is 10.0. The van der Waals surface area contributed by atoms with Gasteiger partial charge in [0.1, 0.15) is 11.7 Å². The predicted octanol–water partition coefficient (Wildman–Crippen LogP) is 3.05. The van der Waals surface area contributed by atoms with E-state index in [0.717, 1.165) is 10.0 Å². The van der Waals surface area contributed by atoms with E-state index in [-0.39, 0.29) is 29.9 Å². The van der Waals surface area contributed by atoms with E-state index in [0.29, 0.717) is 23.1 Å². The highest BCUT2D eigenvalue weighted by Gasteiger charge is 2.18. The molecule has 2 aromatic carbocycles. The molecule has 0 atom stereocenters. The molecule has 0 bridgehead atoms. The Morgan fingerprint density at radius 3 is 2.70 bits per heavy atom. The molecule has 1 N–H and O–H groups in total. The van der Waals surface area contributed by atoms with E-state index in [1.54, 1.807) is 4.68 Å². The van der Waals surface area contributed by atoms with Crippen LogP contribution in [0.5, 0.6) is 0 Å². The number of aromatic nitrogens is 4. The van der Waals surface area contributed by atoms with Crippen LogP contribution in [0.1, 0.15) is 21.5 Å². The number of nitrogens with zero attached hydrogens (tertiary/aromatic N) is 5. The average molecular weight is 511 g/mol. The summed E-state index contributed by atoms with van der Waals surface area (Å²) < 4.78 is 4.02. The first kappa shape index (κ1) is 22.3. The number of nitrogens with one attached hydrogen (secondary N) is 1. The number of fused-ring (bicyclic) bond motifs is 1. The van der Waals surface area contributed by atoms with Gasteiger partial charge in [-0.1, -0.05) is 34.1 Å². The van der Waals surface area contributed by atoms with Crippen molar-refractivity contribution in [3.8, 4) is 0 Å². The van der Waals surface area contributed by atoms with Crippen LogP contribution < -0.4 is 10.9 Å². The zero-order chi connectivity index (χ0) is 23.5. The van der Waals surface area contributed by atoms with E-state index in [1.165, 1.54) is 42.2 Å². The summed E-state index contributed by atoms with van der Waals surface area (Å²) in [5, 5.41) is 18.4. The number of hydrogen-bond acceptors (Lipinski definition) is 6. The number of benzene rings is 2. The maximum Gasteiger partial charge on any atom is 0.273 e. The van der Waals surface area contributed by atoms with Crippen LogP contribution in [-0.4, -0.2) is 36.7 Å². The van der Waals surface area contributed by atoms with Crippen LogP contribution in [0.2, 0.25) is 0 Å². The molecule has 2 aromatic heterocycles. The minimum absolute atomic E-state index is 0.107. The van der Waals surface area contributed by atoms with Gasteiger partial charge in [-0.05, 0) is 30.7 Å². The van der Waals surface area contributed by atoms with Gasteiger partial charge in [-0.25, -0.2) is 9.67 Å². The number of carbonyl (C=O) groups is 1. The summed E-state index contributed by atoms with van der Waals surface area (Å²) in [5.41, 5.74) is 1.62. The summed E-state index contributed by atoms with van der Waals surface area (Å²) in [6.45, 7) is 2.42. The zero-order valence-corrected chi connectivity index (χ0v) is 19.2. The number of rotatable bonds is 7. The largest absolute Gasteiger partial charge is 0.350 e. The number of halogens is 1. The molecular weight excluding hydrogens is 492 g/mol. The molecule has 10 nitrogen and oxygen atoms in total. The van der Waals surface area contributed by atoms with E-state index in [9.17, 15) is 19.7 Å². The van der Waals surface area contributed by atoms with E-state index in [2.05, 4.69) is 31.3 Å². The Bertz CT molecular complexity index is 1410. The van der Waals surface area contributed by atoms with Gasteiger partial charge in [0.15, 0.2) is 5.65 Å². The summed E-state index contributed by atoms with van der Waals surface area (Å²) in [4.78, 5) is 40.3. The lowest BCUT2D eigenvalue weighted by molar-refractivity contribution is -0.385. The van der Waals surface area contributed by atoms with Crippen molar-refractivity contribution in [2.75, 3.05) is 6.54 Å². The van der Waals surface area contributed by atoms with Crippen molar-refractivity contribution >= 4 is 38.6 Å². The molecule has 0 aliphatic rings. The lowest BCUT2D eigenvalue weighted by Crippen LogP contribution is -2.28. The topological polar surface area (TPSA) is 125 Å². The van der Waals surface area contributed by atoms with E-state index in [4.69, 9.17) is 0 Å². The van der Waals surface area contributed by atoms with Crippen molar-refractivity contribution < 1.29 is 9.72 Å². The average Bonchev–Trinajstić information content (AvgIpc) is 3.20. The fourth-order valence-corrected chi connectivity index (χ4v) is 3.76. The van der Waals surface area contributed by atoms with Crippen LogP contribution >= 0.6 is 15.9 Å². The second-order valence-electron chi connectivity index (χ2n) is 7.37. The summed E-state index contributed by atoms with van der Waals surface area (Å²) in [6.07, 6.45) is 2.95. The standard InChI is InChI=1S/C22H19BrN6O4/c1-14-17(3-2-4-19(14)29(32)33)21(30)24-9-10-28-20-18(11-26-28)22(31)27(13-25-20)12-15-5-7-16(23)8-6-15/h2-8,11,13H,9-10,12H2,1H3,(H,24,30). The lowest BCUT2D eigenvalue weighted by atomic mass is 10.1. The highest BCUT2D eigenvalue weighted by atomic mass is 79.9. The smallest absolute Gasteiger partial charge is 0.273 e. The van der Waals surface area contributed by atoms with Crippen molar-refractivity contribution in [3.05, 3.63) is 96.6 Å². The molecule has 0 aliphatic carbocycles. The highest BCUT2D eigenvalue weighted by Crippen LogP contribution is 2.21. The van der Waals surface area contributed by atoms with Crippen LogP contribution in [-0.2, 0) is 13.1 Å². The minimum Gasteiger partial charge on any atom is -0.350 e. The molecule has 0 saturated carbocycles. The van der Waals surface area contributed by atoms with E-state index < -0.39 is 10.8 Å². The molecular formula is C22H19BrN6O4. The fraction of sp³-hybridized carbons (Fsp3) is 0.182. The molecule has 168 valence electrons. The third-order valence-corrected chi connectivity index (χ3v) is 5.77. The molecule has 2 heterocycles. The molecule has 11 heteroatoms. The molecule has 4 aromatic rings. The Labute approximate surface area is 196 Å². The lowest BCUT2D eigenvalue weighted by Gasteiger charge is -2.09. The second kappa shape index (κ2) is 9.33. The number of nitro benzene ring substituents is 1. The van der Waals surface area contributed by atoms with Gasteiger partial charge in [-0.3, -0.25) is 24.3 Å². The predicted molar refractivity (Wildman–Crippen MR) is 125 cm³/mol. The fourth-order valence-electron chi connectivity index (χ4n) is 3.50. The number of carbonyl (C=O) groups excluding carboxylic acids is 1. The summed E-state index contributed by atoms with van der Waals surface area (Å²) in [7, 11) is 0. The summed E-state index contributed by atoms with van der Waals surface area (Å²) in [5.74, 6) is -0.419. The van der Waals surface area contributed by atoms with Gasteiger partial charge in [-0.15, -0.1) is 0 Å². The highest BCUT2D eigenvalue weighted by molar-refractivity contribution is 9.10. The van der Waals surface area contributed by atoms with Crippen molar-refractivity contribution in [1.82, 2.24) is 24.6 Å². The Morgan fingerprint density at radius 2 is 1.97 bits per heavy atom. The van der Waals surface area contributed by atoms with Crippen LogP contribution in [0.4, 0.5) is 5.69 Å². The third-order valence-electron chi connectivity index (χ3n) is 5.24. The molecule has 0 aliphatic heterocycles. The molecule has 33 heavy (non-hydrogen) atoms. The first-order valence-corrected chi connectivity index (χ1v) is 10.8. The van der Waals surface area contributed by atoms with Crippen LogP contribution in [0.25, 0.3) is 11.0 Å². The third kappa shape index (κ3) is 4.67. The molecule has 4 rings (SSSR count). The van der Waals surface area contributed by atoms with Gasteiger partial charge in [0.2, 0.25) is 0 Å². The Hall–Kier alpha value is -3.86. The van der Waals surface area contributed by atoms with Crippen molar-refractivity contribution in [1.29, 1.82) is 0 Å². The second-order valence-corrected chi connectivity index (χ2v) is 8.29. The molecule has 0 radical (unpaired) electrons. The minimum atomic E-state index is -0.517. The van der Waals surface area contributed by atoms with Crippen LogP contribution in [0.3, 0.4) is 0 Å². The van der Waals surface area contributed by atoms with Gasteiger partial charge in [0, 0.05) is 28.2 Å². The van der Waals surface area contributed by atoms with Gasteiger partial charge < -0.3 is 5.32 Å². The van der Waals surface area contributed by atoms with Gasteiger partial charge in [0.25, 0.3) is 17.2 Å². The quantitative estimate of drug-likeness (QED) is 0.301. The molecule has 1 amide bonds. The summed E-state index contributed by atoms with van der Waals surface area (Å²) in [6, 6.07) is 12.0. The number of amides is 1. The first-order chi connectivity index (χ1) is 15.8. The Morgan fingerprint density at radius 1 is 1.21 bits per heavy atom. The molecule has 0 saturated heterocycles. The maximum absolute atomic E-state index is 12.8.